The summed E-state index contributed by atoms with van der Waals surface area (Å²) < 4.78 is 85.0. The molecule has 312 valence electrons. The summed E-state index contributed by atoms with van der Waals surface area (Å²) in [4.78, 5) is 0. The minimum atomic E-state index is -3.57. The fraction of sp³-hybridized carbons (Fsp3) is 0.415. The summed E-state index contributed by atoms with van der Waals surface area (Å²) in [5, 5.41) is 0. The Hall–Kier alpha value is -3.27. The third-order valence-electron chi connectivity index (χ3n) is 6.25. The number of phosphoric ester groups is 3. The zero-order chi connectivity index (χ0) is 41.5. The van der Waals surface area contributed by atoms with Crippen LogP contribution in [-0.2, 0) is 40.8 Å². The average molecular weight is 839 g/mol. The lowest BCUT2D eigenvalue weighted by molar-refractivity contribution is 0.127. The number of hydrogen-bond acceptors (Lipinski definition) is 12. The molecule has 0 aromatic heterocycles. The Morgan fingerprint density at radius 2 is 0.857 bits per heavy atom. The van der Waals surface area contributed by atoms with Crippen LogP contribution >= 0.6 is 23.5 Å². The van der Waals surface area contributed by atoms with Gasteiger partial charge in [0.25, 0.3) is 0 Å². The minimum absolute atomic E-state index is 0.246. The molecule has 0 saturated heterocycles. The maximum absolute atomic E-state index is 12.5. The number of benzene rings is 3. The first-order valence-corrected chi connectivity index (χ1v) is 23.0. The Morgan fingerprint density at radius 3 is 1.20 bits per heavy atom. The third kappa shape index (κ3) is 25.1. The van der Waals surface area contributed by atoms with Crippen LogP contribution in [-0.4, -0.2) is 39.1 Å². The summed E-state index contributed by atoms with van der Waals surface area (Å²) in [5.41, 5.74) is 0. The van der Waals surface area contributed by atoms with Crippen molar-refractivity contribution in [2.24, 2.45) is 5.92 Å². The van der Waals surface area contributed by atoms with E-state index in [1.807, 2.05) is 39.0 Å². The zero-order valence-electron chi connectivity index (χ0n) is 33.5. The minimum Gasteiger partial charge on any atom is -0.404 e. The van der Waals surface area contributed by atoms with E-state index < -0.39 is 23.5 Å². The van der Waals surface area contributed by atoms with Crippen molar-refractivity contribution in [2.45, 2.75) is 72.8 Å². The van der Waals surface area contributed by atoms with E-state index in [4.69, 9.17) is 40.7 Å². The molecule has 3 unspecified atom stereocenters. The van der Waals surface area contributed by atoms with Crippen molar-refractivity contribution < 1.29 is 54.4 Å². The highest BCUT2D eigenvalue weighted by molar-refractivity contribution is 7.49. The Balaban J connectivity index is 0.000000420. The summed E-state index contributed by atoms with van der Waals surface area (Å²) >= 11 is 0. The highest BCUT2D eigenvalue weighted by Gasteiger charge is 2.31. The molecule has 0 saturated carbocycles. The van der Waals surface area contributed by atoms with Crippen molar-refractivity contribution in [3.63, 3.8) is 0 Å². The van der Waals surface area contributed by atoms with Gasteiger partial charge in [0.05, 0.1) is 39.1 Å². The molecule has 0 heterocycles. The summed E-state index contributed by atoms with van der Waals surface area (Å²) in [7, 11) is -10.7. The number of rotatable bonds is 27. The lowest BCUT2D eigenvalue weighted by Crippen LogP contribution is -2.08. The van der Waals surface area contributed by atoms with Gasteiger partial charge in [0.1, 0.15) is 17.2 Å². The van der Waals surface area contributed by atoms with E-state index in [9.17, 15) is 13.7 Å². The average Bonchev–Trinajstić information content (AvgIpc) is 3.16. The fourth-order valence-corrected chi connectivity index (χ4v) is 7.65. The molecule has 3 rings (SSSR count). The Morgan fingerprint density at radius 1 is 0.518 bits per heavy atom. The predicted molar refractivity (Wildman–Crippen MR) is 224 cm³/mol. The van der Waals surface area contributed by atoms with Gasteiger partial charge in [-0.3, -0.25) is 27.1 Å². The molecule has 0 spiro atoms. The highest BCUT2D eigenvalue weighted by Crippen LogP contribution is 2.52. The Labute approximate surface area is 335 Å². The summed E-state index contributed by atoms with van der Waals surface area (Å²) in [6.07, 6.45) is 8.36. The first-order chi connectivity index (χ1) is 26.8. The van der Waals surface area contributed by atoms with Crippen molar-refractivity contribution in [1.82, 2.24) is 0 Å². The number of unbranched alkanes of at least 4 members (excludes halogenated alkanes) is 1. The van der Waals surface area contributed by atoms with Crippen molar-refractivity contribution in [3.8, 4) is 17.2 Å². The van der Waals surface area contributed by atoms with Gasteiger partial charge in [0, 0.05) is 0 Å². The molecule has 0 N–H and O–H groups in total. The molecular weight excluding hydrogens is 777 g/mol. The molecule has 12 nitrogen and oxygen atoms in total. The largest absolute Gasteiger partial charge is 0.530 e. The molecule has 3 aromatic rings. The molecule has 0 fully saturated rings. The van der Waals surface area contributed by atoms with Gasteiger partial charge in [-0.25, -0.2) is 13.7 Å². The van der Waals surface area contributed by atoms with Crippen molar-refractivity contribution >= 4 is 23.5 Å². The summed E-state index contributed by atoms with van der Waals surface area (Å²) in [5.74, 6) is 1.64. The van der Waals surface area contributed by atoms with Crippen LogP contribution in [0.15, 0.2) is 129 Å². The molecule has 56 heavy (non-hydrogen) atoms. The molecule has 0 bridgehead atoms. The highest BCUT2D eigenvalue weighted by atomic mass is 31.2. The quantitative estimate of drug-likeness (QED) is 0.0411. The molecule has 15 heteroatoms. The second kappa shape index (κ2) is 29.9. The fourth-order valence-electron chi connectivity index (χ4n) is 3.65. The van der Waals surface area contributed by atoms with E-state index >= 15 is 0 Å². The topological polar surface area (TPSA) is 134 Å². The van der Waals surface area contributed by atoms with Gasteiger partial charge >= 0.3 is 23.5 Å². The van der Waals surface area contributed by atoms with Crippen LogP contribution in [0.25, 0.3) is 0 Å². The van der Waals surface area contributed by atoms with Crippen LogP contribution in [0.5, 0.6) is 17.2 Å². The third-order valence-corrected chi connectivity index (χ3v) is 10.7. The van der Waals surface area contributed by atoms with Crippen LogP contribution in [0.2, 0.25) is 0 Å². The molecule has 0 radical (unpaired) electrons. The zero-order valence-corrected chi connectivity index (χ0v) is 36.2. The molecule has 3 aromatic carbocycles. The normalized spacial score (nSPS) is 14.0. The predicted octanol–water partition coefficient (Wildman–Crippen LogP) is 13.2. The monoisotopic (exact) mass is 838 g/mol. The smallest absolute Gasteiger partial charge is 0.404 e. The maximum Gasteiger partial charge on any atom is 0.530 e. The van der Waals surface area contributed by atoms with Gasteiger partial charge in [-0.1, -0.05) is 100 Å². The van der Waals surface area contributed by atoms with Gasteiger partial charge in [0.2, 0.25) is 0 Å². The SMILES string of the molecule is C=CCCOP(=O)(OCC(C)C)Oc1ccccc1.C=CCCOP(=O)(OCCCC)Oc1ccccc1.C=CCCOP(=O)(Oc1ccccc1)OC(C)C. The van der Waals surface area contributed by atoms with Gasteiger partial charge in [-0.05, 0) is 81.8 Å². The van der Waals surface area contributed by atoms with Crippen LogP contribution in [0.3, 0.4) is 0 Å². The van der Waals surface area contributed by atoms with Gasteiger partial charge in [-0.2, -0.15) is 0 Å². The van der Waals surface area contributed by atoms with Crippen molar-refractivity contribution in [3.05, 3.63) is 129 Å². The van der Waals surface area contributed by atoms with E-state index in [2.05, 4.69) is 19.7 Å². The van der Waals surface area contributed by atoms with Gasteiger partial charge < -0.3 is 13.6 Å². The summed E-state index contributed by atoms with van der Waals surface area (Å²) in [6, 6.07) is 26.6. The molecular formula is C41H61O12P3. The molecule has 3 atom stereocenters. The molecule has 0 aliphatic rings. The number of phosphoric acid groups is 3. The first kappa shape index (κ1) is 50.7. The molecule has 0 aliphatic heterocycles. The summed E-state index contributed by atoms with van der Waals surface area (Å²) in [6.45, 7) is 21.7. The molecule has 0 aliphatic carbocycles. The number of hydrogen-bond donors (Lipinski definition) is 0. The standard InChI is InChI=1S/2C14H21O4P.C13H19O4P/c1-4-5-11-16-19(15,17-12-13(2)3)18-14-9-7-6-8-10-14;1-3-5-12-16-19(15,17-13-6-4-2)18-14-10-8-7-9-11-14;1-4-5-11-15-18(14,16-12(2)3)17-13-9-7-6-8-10-13/h4,6-10,13H,1,5,11-12H2,2-3H3;3,7-11H,1,4-6,12-13H2,2H3;4,6-10,12H,1,5,11H2,2-3H3. The van der Waals surface area contributed by atoms with Crippen LogP contribution in [0, 0.1) is 5.92 Å². The van der Waals surface area contributed by atoms with E-state index in [0.717, 1.165) is 12.8 Å². The van der Waals surface area contributed by atoms with E-state index in [0.29, 0.717) is 49.7 Å². The number of para-hydroxylation sites is 3. The van der Waals surface area contributed by atoms with Crippen LogP contribution in [0.1, 0.15) is 66.7 Å². The van der Waals surface area contributed by atoms with Crippen molar-refractivity contribution in [1.29, 1.82) is 0 Å². The molecule has 0 amide bonds. The van der Waals surface area contributed by atoms with Gasteiger partial charge in [-0.15, -0.1) is 19.7 Å². The Bertz CT molecular complexity index is 1610. The van der Waals surface area contributed by atoms with E-state index in [-0.39, 0.29) is 31.8 Å². The van der Waals surface area contributed by atoms with Crippen LogP contribution in [0.4, 0.5) is 0 Å². The van der Waals surface area contributed by atoms with Crippen LogP contribution < -0.4 is 13.6 Å². The maximum atomic E-state index is 12.5. The lowest BCUT2D eigenvalue weighted by atomic mass is 10.2. The van der Waals surface area contributed by atoms with Crippen molar-refractivity contribution in [2.75, 3.05) is 33.0 Å². The lowest BCUT2D eigenvalue weighted by Gasteiger charge is -2.20. The first-order valence-electron chi connectivity index (χ1n) is 18.6. The second-order valence-electron chi connectivity index (χ2n) is 12.3. The van der Waals surface area contributed by atoms with E-state index in [1.165, 1.54) is 0 Å². The van der Waals surface area contributed by atoms with Gasteiger partial charge in [0.15, 0.2) is 0 Å². The second-order valence-corrected chi connectivity index (χ2v) is 17.0. The van der Waals surface area contributed by atoms with E-state index in [1.54, 1.807) is 105 Å². The Kier molecular flexibility index (Phi) is 27.1.